The van der Waals surface area contributed by atoms with Gasteiger partial charge in [0.15, 0.2) is 0 Å². The molecule has 0 spiro atoms. The third-order valence-electron chi connectivity index (χ3n) is 0.545. The molecule has 0 radical (unpaired) electrons. The topological polar surface area (TPSA) is 51.0 Å². The smallest absolute Gasteiger partial charge is 0.0734 e. The number of nitrogens with two attached hydrogens (primary N) is 1. The predicted molar refractivity (Wildman–Crippen MR) is 27.8 cm³/mol. The molecule has 50 valence electrons. The number of hydrogen-bond acceptors (Lipinski definition) is 5. The highest BCUT2D eigenvalue weighted by Gasteiger charge is 1.98. The van der Waals surface area contributed by atoms with Gasteiger partial charge in [0.2, 0.25) is 0 Å². The lowest BCUT2D eigenvalue weighted by Gasteiger charge is -2.18. The van der Waals surface area contributed by atoms with Gasteiger partial charge in [-0.15, -0.1) is 4.99 Å². The number of nitrogens with zero attached hydrogens (tertiary/aromatic N) is 2. The van der Waals surface area contributed by atoms with Gasteiger partial charge in [-0.2, -0.15) is 0 Å². The summed E-state index contributed by atoms with van der Waals surface area (Å²) >= 11 is 0. The maximum absolute atomic E-state index is 5.14. The molecule has 0 heterocycles. The zero-order chi connectivity index (χ0) is 6.57. The maximum Gasteiger partial charge on any atom is 0.0734 e. The van der Waals surface area contributed by atoms with Gasteiger partial charge in [0.1, 0.15) is 0 Å². The van der Waals surface area contributed by atoms with E-state index in [0.29, 0.717) is 0 Å². The molecule has 0 amide bonds. The summed E-state index contributed by atoms with van der Waals surface area (Å²) in [6.45, 7) is 0. The molecule has 0 atom stereocenters. The van der Waals surface area contributed by atoms with E-state index in [-0.39, 0.29) is 0 Å². The van der Waals surface area contributed by atoms with Crippen molar-refractivity contribution >= 4 is 0 Å². The highest BCUT2D eigenvalue weighted by atomic mass is 17.3. The molecule has 0 aliphatic heterocycles. The van der Waals surface area contributed by atoms with Gasteiger partial charge in [-0.05, 0) is 5.28 Å². The van der Waals surface area contributed by atoms with Crippen molar-refractivity contribution in [1.29, 1.82) is 0 Å². The SMILES string of the molecule is COON(N)N(C)C. The van der Waals surface area contributed by atoms with E-state index < -0.39 is 0 Å². The molecule has 0 fully saturated rings. The quantitative estimate of drug-likeness (QED) is 0.299. The fourth-order valence-electron chi connectivity index (χ4n) is 0.143. The van der Waals surface area contributed by atoms with E-state index in [1.807, 2.05) is 0 Å². The Bertz CT molecular complexity index is 58.5. The molecule has 0 saturated heterocycles. The van der Waals surface area contributed by atoms with Crippen molar-refractivity contribution in [1.82, 2.24) is 10.3 Å². The zero-order valence-electron chi connectivity index (χ0n) is 5.29. The van der Waals surface area contributed by atoms with Crippen molar-refractivity contribution in [2.75, 3.05) is 21.2 Å². The third-order valence-corrected chi connectivity index (χ3v) is 0.545. The molecule has 5 nitrogen and oxygen atoms in total. The lowest BCUT2D eigenvalue weighted by Crippen LogP contribution is -2.42. The Hall–Kier alpha value is -0.200. The molecule has 0 unspecified atom stereocenters. The second-order valence-electron chi connectivity index (χ2n) is 1.39. The first-order valence-corrected chi connectivity index (χ1v) is 2.11. The lowest BCUT2D eigenvalue weighted by atomic mass is 11.2. The third kappa shape index (κ3) is 2.89. The van der Waals surface area contributed by atoms with E-state index in [2.05, 4.69) is 9.88 Å². The van der Waals surface area contributed by atoms with Crippen LogP contribution in [0.5, 0.6) is 0 Å². The summed E-state index contributed by atoms with van der Waals surface area (Å²) in [5.41, 5.74) is 0. The molecule has 0 aromatic rings. The minimum atomic E-state index is 0.958. The van der Waals surface area contributed by atoms with Crippen molar-refractivity contribution < 1.29 is 9.88 Å². The fraction of sp³-hybridized carbons (Fsp3) is 1.00. The molecule has 0 aliphatic rings. The molecule has 8 heavy (non-hydrogen) atoms. The van der Waals surface area contributed by atoms with Crippen LogP contribution in [0.15, 0.2) is 0 Å². The van der Waals surface area contributed by atoms with Gasteiger partial charge in [0, 0.05) is 14.1 Å². The van der Waals surface area contributed by atoms with Gasteiger partial charge < -0.3 is 0 Å². The van der Waals surface area contributed by atoms with Crippen LogP contribution in [0.25, 0.3) is 0 Å². The van der Waals surface area contributed by atoms with Crippen LogP contribution < -0.4 is 5.84 Å². The molecule has 2 N–H and O–H groups in total. The Morgan fingerprint density at radius 1 is 1.38 bits per heavy atom. The zero-order valence-corrected chi connectivity index (χ0v) is 5.29. The highest BCUT2D eigenvalue weighted by Crippen LogP contribution is 1.81. The molecule has 0 rings (SSSR count). The van der Waals surface area contributed by atoms with Crippen LogP contribution in [0, 0.1) is 0 Å². The Balaban J connectivity index is 3.17. The number of rotatable bonds is 3. The molecule has 0 bridgehead atoms. The largest absolute Gasteiger partial charge is 0.228 e. The van der Waals surface area contributed by atoms with E-state index in [4.69, 9.17) is 5.84 Å². The van der Waals surface area contributed by atoms with E-state index in [1.165, 1.54) is 12.1 Å². The van der Waals surface area contributed by atoms with Crippen molar-refractivity contribution in [3.8, 4) is 0 Å². The summed E-state index contributed by atoms with van der Waals surface area (Å²) in [5.74, 6) is 5.14. The first-order chi connectivity index (χ1) is 3.68. The summed E-state index contributed by atoms with van der Waals surface area (Å²) in [6, 6.07) is 0. The lowest BCUT2D eigenvalue weighted by molar-refractivity contribution is -0.465. The Kier molecular flexibility index (Phi) is 3.67. The van der Waals surface area contributed by atoms with Crippen LogP contribution in [0.3, 0.4) is 0 Å². The van der Waals surface area contributed by atoms with Crippen LogP contribution in [-0.2, 0) is 9.88 Å². The van der Waals surface area contributed by atoms with Crippen LogP contribution in [0.2, 0.25) is 0 Å². The summed E-state index contributed by atoms with van der Waals surface area (Å²) < 4.78 is 0. The number of hydrazine groups is 2. The van der Waals surface area contributed by atoms with Gasteiger partial charge in [0.05, 0.1) is 7.11 Å². The van der Waals surface area contributed by atoms with Crippen LogP contribution >= 0.6 is 0 Å². The standard InChI is InChI=1S/C3H11N3O2/c1-5(2)6(4)8-7-3/h4H2,1-3H3. The van der Waals surface area contributed by atoms with Gasteiger partial charge in [-0.3, -0.25) is 0 Å². The second kappa shape index (κ2) is 3.76. The van der Waals surface area contributed by atoms with E-state index >= 15 is 0 Å². The summed E-state index contributed by atoms with van der Waals surface area (Å²) in [6.07, 6.45) is 0. The van der Waals surface area contributed by atoms with Gasteiger partial charge >= 0.3 is 0 Å². The van der Waals surface area contributed by atoms with Crippen LogP contribution in [-0.4, -0.2) is 31.5 Å². The average Bonchev–Trinajstić information content (AvgIpc) is 1.67. The first-order valence-electron chi connectivity index (χ1n) is 2.11. The monoisotopic (exact) mass is 121 g/mol. The summed E-state index contributed by atoms with van der Waals surface area (Å²) in [5, 5.41) is 2.48. The Morgan fingerprint density at radius 3 is 2.00 bits per heavy atom. The van der Waals surface area contributed by atoms with Gasteiger partial charge in [-0.25, -0.2) is 15.7 Å². The molecule has 0 aromatic heterocycles. The normalized spacial score (nSPS) is 11.2. The van der Waals surface area contributed by atoms with E-state index in [9.17, 15) is 0 Å². The van der Waals surface area contributed by atoms with Gasteiger partial charge in [0.25, 0.3) is 0 Å². The molecule has 0 aliphatic carbocycles. The van der Waals surface area contributed by atoms with Crippen LogP contribution in [0.4, 0.5) is 0 Å². The maximum atomic E-state index is 5.14. The summed E-state index contributed by atoms with van der Waals surface area (Å²) in [7, 11) is 4.82. The van der Waals surface area contributed by atoms with Crippen LogP contribution in [0.1, 0.15) is 0 Å². The number of hydrogen-bond donors (Lipinski definition) is 1. The molecule has 0 aromatic carbocycles. The second-order valence-corrected chi connectivity index (χ2v) is 1.39. The Labute approximate surface area is 48.4 Å². The summed E-state index contributed by atoms with van der Waals surface area (Å²) in [4.78, 5) is 8.56. The molecular weight excluding hydrogens is 110 g/mol. The van der Waals surface area contributed by atoms with E-state index in [1.54, 1.807) is 14.1 Å². The van der Waals surface area contributed by atoms with E-state index in [0.717, 1.165) is 5.28 Å². The predicted octanol–water partition coefficient (Wildman–Crippen LogP) is -0.868. The minimum absolute atomic E-state index is 0.958. The molecule has 0 saturated carbocycles. The van der Waals surface area contributed by atoms with Crippen molar-refractivity contribution in [2.24, 2.45) is 5.84 Å². The fourth-order valence-corrected chi connectivity index (χ4v) is 0.143. The van der Waals surface area contributed by atoms with Crippen molar-refractivity contribution in [2.45, 2.75) is 0 Å². The minimum Gasteiger partial charge on any atom is -0.228 e. The average molecular weight is 121 g/mol. The highest BCUT2D eigenvalue weighted by molar-refractivity contribution is 4.10. The van der Waals surface area contributed by atoms with Crippen molar-refractivity contribution in [3.63, 3.8) is 0 Å². The Morgan fingerprint density at radius 2 is 1.88 bits per heavy atom. The molecular formula is C3H11N3O2. The first kappa shape index (κ1) is 7.80. The molecule has 5 heteroatoms. The van der Waals surface area contributed by atoms with Crippen molar-refractivity contribution in [3.05, 3.63) is 0 Å². The van der Waals surface area contributed by atoms with Gasteiger partial charge in [-0.1, -0.05) is 0 Å².